The SMILES string of the molecule is O=C(/C=C/c1cccc(-c2nc(Nc3ccc(-c4cn[nH]c4)cc3)c3ccccc3n2)c1)NC1CC1(F)F. The van der Waals surface area contributed by atoms with Crippen LogP contribution in [-0.2, 0) is 4.79 Å². The minimum Gasteiger partial charge on any atom is -0.344 e. The summed E-state index contributed by atoms with van der Waals surface area (Å²) in [7, 11) is 0. The monoisotopic (exact) mass is 508 g/mol. The lowest BCUT2D eigenvalue weighted by molar-refractivity contribution is -0.117. The molecule has 1 unspecified atom stereocenters. The lowest BCUT2D eigenvalue weighted by atomic mass is 10.1. The van der Waals surface area contributed by atoms with Crippen molar-refractivity contribution in [2.45, 2.75) is 18.4 Å². The number of carbonyl (C=O) groups excluding carboxylic acids is 1. The van der Waals surface area contributed by atoms with Gasteiger partial charge in [0.05, 0.1) is 17.8 Å². The Labute approximate surface area is 216 Å². The number of hydrogen-bond acceptors (Lipinski definition) is 5. The summed E-state index contributed by atoms with van der Waals surface area (Å²) in [4.78, 5) is 21.6. The Morgan fingerprint density at radius 3 is 2.55 bits per heavy atom. The number of alkyl halides is 2. The highest BCUT2D eigenvalue weighted by Crippen LogP contribution is 2.41. The summed E-state index contributed by atoms with van der Waals surface area (Å²) in [5.74, 6) is -2.18. The molecular weight excluding hydrogens is 486 g/mol. The molecule has 1 saturated carbocycles. The van der Waals surface area contributed by atoms with Gasteiger partial charge in [-0.25, -0.2) is 18.7 Å². The maximum atomic E-state index is 13.1. The predicted molar refractivity (Wildman–Crippen MR) is 143 cm³/mol. The molecule has 0 spiro atoms. The molecular formula is C29H22F2N6O. The Hall–Kier alpha value is -4.92. The van der Waals surface area contributed by atoms with Crippen LogP contribution in [0, 0.1) is 0 Å². The van der Waals surface area contributed by atoms with Crippen molar-refractivity contribution in [2.75, 3.05) is 5.32 Å². The molecule has 0 bridgehead atoms. The molecule has 1 fully saturated rings. The zero-order valence-corrected chi connectivity index (χ0v) is 20.0. The number of aromatic amines is 1. The average Bonchev–Trinajstić information content (AvgIpc) is 3.28. The van der Waals surface area contributed by atoms with Crippen LogP contribution in [0.25, 0.3) is 39.5 Å². The van der Waals surface area contributed by atoms with E-state index in [4.69, 9.17) is 9.97 Å². The summed E-state index contributed by atoms with van der Waals surface area (Å²) in [6, 6.07) is 22.0. The first-order valence-corrected chi connectivity index (χ1v) is 12.0. The van der Waals surface area contributed by atoms with Gasteiger partial charge in [-0.15, -0.1) is 0 Å². The molecule has 188 valence electrons. The van der Waals surface area contributed by atoms with Crippen LogP contribution in [0.4, 0.5) is 20.3 Å². The molecule has 5 aromatic rings. The van der Waals surface area contributed by atoms with Gasteiger partial charge in [-0.1, -0.05) is 42.5 Å². The lowest BCUT2D eigenvalue weighted by Crippen LogP contribution is -2.27. The second-order valence-corrected chi connectivity index (χ2v) is 9.09. The van der Waals surface area contributed by atoms with Crippen molar-refractivity contribution in [2.24, 2.45) is 0 Å². The number of benzene rings is 3. The maximum absolute atomic E-state index is 13.1. The molecule has 3 aromatic carbocycles. The fourth-order valence-electron chi connectivity index (χ4n) is 4.14. The fourth-order valence-corrected chi connectivity index (χ4v) is 4.14. The van der Waals surface area contributed by atoms with Crippen molar-refractivity contribution in [1.82, 2.24) is 25.5 Å². The van der Waals surface area contributed by atoms with E-state index >= 15 is 0 Å². The molecule has 6 rings (SSSR count). The first-order chi connectivity index (χ1) is 18.4. The van der Waals surface area contributed by atoms with Gasteiger partial charge in [-0.2, -0.15) is 5.10 Å². The number of anilines is 2. The highest BCUT2D eigenvalue weighted by molar-refractivity contribution is 5.93. The molecule has 3 N–H and O–H groups in total. The van der Waals surface area contributed by atoms with E-state index in [0.29, 0.717) is 11.6 Å². The van der Waals surface area contributed by atoms with Crippen LogP contribution in [0.1, 0.15) is 12.0 Å². The van der Waals surface area contributed by atoms with Crippen LogP contribution in [0.3, 0.4) is 0 Å². The normalized spacial score (nSPS) is 16.0. The van der Waals surface area contributed by atoms with E-state index in [1.54, 1.807) is 12.3 Å². The number of fused-ring (bicyclic) bond motifs is 1. The highest BCUT2D eigenvalue weighted by atomic mass is 19.3. The Morgan fingerprint density at radius 1 is 0.974 bits per heavy atom. The molecule has 7 nitrogen and oxygen atoms in total. The van der Waals surface area contributed by atoms with Gasteiger partial charge in [0.25, 0.3) is 5.92 Å². The molecule has 1 amide bonds. The molecule has 2 heterocycles. The van der Waals surface area contributed by atoms with E-state index in [1.807, 2.05) is 79.0 Å². The summed E-state index contributed by atoms with van der Waals surface area (Å²) in [5, 5.41) is 13.4. The fraction of sp³-hybridized carbons (Fsp3) is 0.103. The van der Waals surface area contributed by atoms with E-state index in [-0.39, 0.29) is 6.42 Å². The Kier molecular flexibility index (Phi) is 5.88. The number of rotatable bonds is 7. The van der Waals surface area contributed by atoms with E-state index in [9.17, 15) is 13.6 Å². The molecule has 2 aromatic heterocycles. The molecule has 1 atom stereocenters. The number of nitrogens with zero attached hydrogens (tertiary/aromatic N) is 3. The summed E-state index contributed by atoms with van der Waals surface area (Å²) >= 11 is 0. The summed E-state index contributed by atoms with van der Waals surface area (Å²) < 4.78 is 26.1. The number of carbonyl (C=O) groups is 1. The van der Waals surface area contributed by atoms with E-state index in [2.05, 4.69) is 20.8 Å². The van der Waals surface area contributed by atoms with Crippen LogP contribution in [0.5, 0.6) is 0 Å². The Bertz CT molecular complexity index is 1650. The second kappa shape index (κ2) is 9.51. The Balaban J connectivity index is 1.27. The van der Waals surface area contributed by atoms with Crippen LogP contribution in [0.2, 0.25) is 0 Å². The zero-order valence-electron chi connectivity index (χ0n) is 20.0. The third-order valence-corrected chi connectivity index (χ3v) is 6.30. The molecule has 38 heavy (non-hydrogen) atoms. The van der Waals surface area contributed by atoms with Crippen LogP contribution in [0.15, 0.2) is 91.3 Å². The molecule has 0 aliphatic heterocycles. The third-order valence-electron chi connectivity index (χ3n) is 6.30. The van der Waals surface area contributed by atoms with E-state index < -0.39 is 17.9 Å². The van der Waals surface area contributed by atoms with Gasteiger partial charge in [0.1, 0.15) is 5.82 Å². The van der Waals surface area contributed by atoms with E-state index in [0.717, 1.165) is 38.8 Å². The van der Waals surface area contributed by atoms with Crippen molar-refractivity contribution in [1.29, 1.82) is 0 Å². The van der Waals surface area contributed by atoms with Crippen LogP contribution in [-0.4, -0.2) is 38.0 Å². The van der Waals surface area contributed by atoms with Crippen molar-refractivity contribution in [3.8, 4) is 22.5 Å². The number of nitrogens with one attached hydrogen (secondary N) is 3. The second-order valence-electron chi connectivity index (χ2n) is 9.09. The third kappa shape index (κ3) is 4.99. The van der Waals surface area contributed by atoms with Gasteiger partial charge in [0, 0.05) is 40.9 Å². The maximum Gasteiger partial charge on any atom is 0.270 e. The standard InChI is InChI=1S/C29H22F2N6O/c30-29(31)15-25(29)36-26(38)13-8-18-4-3-5-20(14-18)27-35-24-7-2-1-6-23(24)28(37-27)34-22-11-9-19(10-12-22)21-16-32-33-17-21/h1-14,16-17,25H,15H2,(H,32,33)(H,36,38)(H,34,35,37)/b13-8+. The van der Waals surface area contributed by atoms with Gasteiger partial charge < -0.3 is 10.6 Å². The van der Waals surface area contributed by atoms with Gasteiger partial charge in [0.15, 0.2) is 5.82 Å². The summed E-state index contributed by atoms with van der Waals surface area (Å²) in [6.45, 7) is 0. The predicted octanol–water partition coefficient (Wildman–Crippen LogP) is 5.97. The van der Waals surface area contributed by atoms with Gasteiger partial charge in [-0.3, -0.25) is 9.89 Å². The zero-order chi connectivity index (χ0) is 26.1. The average molecular weight is 509 g/mol. The summed E-state index contributed by atoms with van der Waals surface area (Å²) in [5.41, 5.74) is 5.17. The molecule has 1 aliphatic carbocycles. The van der Waals surface area contributed by atoms with Gasteiger partial charge in [-0.05, 0) is 47.5 Å². The number of halogens is 2. The number of hydrogen-bond donors (Lipinski definition) is 3. The Morgan fingerprint density at radius 2 is 1.79 bits per heavy atom. The van der Waals surface area contributed by atoms with Crippen molar-refractivity contribution in [3.05, 3.63) is 96.8 Å². The molecule has 0 radical (unpaired) electrons. The topological polar surface area (TPSA) is 95.6 Å². The number of amides is 1. The van der Waals surface area contributed by atoms with Crippen molar-refractivity contribution < 1.29 is 13.6 Å². The van der Waals surface area contributed by atoms with Crippen molar-refractivity contribution >= 4 is 34.4 Å². The van der Waals surface area contributed by atoms with Crippen LogP contribution >= 0.6 is 0 Å². The largest absolute Gasteiger partial charge is 0.344 e. The minimum atomic E-state index is -2.80. The number of aromatic nitrogens is 4. The molecule has 1 aliphatic rings. The quantitative estimate of drug-likeness (QED) is 0.236. The van der Waals surface area contributed by atoms with Crippen molar-refractivity contribution in [3.63, 3.8) is 0 Å². The minimum absolute atomic E-state index is 0.313. The number of para-hydroxylation sites is 1. The smallest absolute Gasteiger partial charge is 0.270 e. The van der Waals surface area contributed by atoms with E-state index in [1.165, 1.54) is 6.08 Å². The first-order valence-electron chi connectivity index (χ1n) is 12.0. The molecule has 9 heteroatoms. The van der Waals surface area contributed by atoms with Crippen LogP contribution < -0.4 is 10.6 Å². The number of H-pyrrole nitrogens is 1. The summed E-state index contributed by atoms with van der Waals surface area (Å²) in [6.07, 6.45) is 6.14. The first kappa shape index (κ1) is 23.5. The van der Waals surface area contributed by atoms with Gasteiger partial charge in [0.2, 0.25) is 5.91 Å². The van der Waals surface area contributed by atoms with Gasteiger partial charge >= 0.3 is 0 Å². The highest BCUT2D eigenvalue weighted by Gasteiger charge is 2.57. The lowest BCUT2D eigenvalue weighted by Gasteiger charge is -2.12. The molecule has 0 saturated heterocycles.